The summed E-state index contributed by atoms with van der Waals surface area (Å²) in [6.45, 7) is 2.21. The molecular formula is C12H14N2O3S2. The molecule has 1 aromatic heterocycles. The number of amides is 2. The summed E-state index contributed by atoms with van der Waals surface area (Å²) in [5, 5.41) is 2.54. The average molecular weight is 298 g/mol. The van der Waals surface area contributed by atoms with Gasteiger partial charge in [-0.1, -0.05) is 30.9 Å². The molecule has 2 heterocycles. The first-order valence-electron chi connectivity index (χ1n) is 5.93. The van der Waals surface area contributed by atoms with Crippen LogP contribution in [0.25, 0.3) is 0 Å². The van der Waals surface area contributed by atoms with Crippen molar-refractivity contribution < 1.29 is 14.0 Å². The van der Waals surface area contributed by atoms with Crippen molar-refractivity contribution in [2.24, 2.45) is 0 Å². The number of nitrogens with one attached hydrogen (secondary N) is 1. The quantitative estimate of drug-likeness (QED) is 0.835. The minimum atomic E-state index is -0.246. The third-order valence-corrected chi connectivity index (χ3v) is 4.47. The van der Waals surface area contributed by atoms with Crippen LogP contribution in [-0.4, -0.2) is 32.8 Å². The Morgan fingerprint density at radius 2 is 2.42 bits per heavy atom. The second-order valence-corrected chi connectivity index (χ2v) is 5.90. The van der Waals surface area contributed by atoms with E-state index < -0.39 is 0 Å². The van der Waals surface area contributed by atoms with Gasteiger partial charge in [0.1, 0.15) is 16.6 Å². The SMILES string of the molecule is CCC1SC(=S)N(CC(=O)NCc2ccco2)C1=O. The van der Waals surface area contributed by atoms with E-state index in [9.17, 15) is 9.59 Å². The lowest BCUT2D eigenvalue weighted by Gasteiger charge is -2.14. The molecular weight excluding hydrogens is 284 g/mol. The van der Waals surface area contributed by atoms with Gasteiger partial charge in [0.2, 0.25) is 11.8 Å². The lowest BCUT2D eigenvalue weighted by atomic mass is 10.3. The average Bonchev–Trinajstić information content (AvgIpc) is 2.99. The molecule has 1 aliphatic rings. The Kier molecular flexibility index (Phi) is 4.60. The number of rotatable bonds is 5. The van der Waals surface area contributed by atoms with E-state index in [-0.39, 0.29) is 23.6 Å². The van der Waals surface area contributed by atoms with Crippen LogP contribution in [0.3, 0.4) is 0 Å². The molecule has 0 radical (unpaired) electrons. The Labute approximate surface area is 120 Å². The number of thiocarbonyl (C=S) groups is 1. The summed E-state index contributed by atoms with van der Waals surface area (Å²) in [7, 11) is 0. The van der Waals surface area contributed by atoms with Crippen molar-refractivity contribution >= 4 is 40.1 Å². The molecule has 0 aliphatic carbocycles. The van der Waals surface area contributed by atoms with Crippen LogP contribution in [0, 0.1) is 0 Å². The maximum Gasteiger partial charge on any atom is 0.242 e. The normalized spacial score (nSPS) is 19.0. The van der Waals surface area contributed by atoms with Gasteiger partial charge >= 0.3 is 0 Å². The van der Waals surface area contributed by atoms with Gasteiger partial charge in [-0.3, -0.25) is 14.5 Å². The molecule has 1 aliphatic heterocycles. The smallest absolute Gasteiger partial charge is 0.242 e. The lowest BCUT2D eigenvalue weighted by molar-refractivity contribution is -0.131. The first kappa shape index (κ1) is 14.1. The Bertz CT molecular complexity index is 487. The van der Waals surface area contributed by atoms with Crippen LogP contribution in [0.4, 0.5) is 0 Å². The van der Waals surface area contributed by atoms with Crippen molar-refractivity contribution in [3.63, 3.8) is 0 Å². The number of furan rings is 1. The van der Waals surface area contributed by atoms with Crippen LogP contribution in [0.15, 0.2) is 22.8 Å². The second kappa shape index (κ2) is 6.21. The molecule has 5 nitrogen and oxygen atoms in total. The van der Waals surface area contributed by atoms with E-state index in [1.54, 1.807) is 18.4 Å². The molecule has 2 amide bonds. The Hall–Kier alpha value is -1.34. The third-order valence-electron chi connectivity index (χ3n) is 2.72. The summed E-state index contributed by atoms with van der Waals surface area (Å²) in [6.07, 6.45) is 2.26. The van der Waals surface area contributed by atoms with Crippen LogP contribution >= 0.6 is 24.0 Å². The Morgan fingerprint density at radius 3 is 3.00 bits per heavy atom. The molecule has 7 heteroatoms. The topological polar surface area (TPSA) is 62.6 Å². The molecule has 0 bridgehead atoms. The summed E-state index contributed by atoms with van der Waals surface area (Å²) in [4.78, 5) is 25.1. The maximum absolute atomic E-state index is 11.9. The summed E-state index contributed by atoms with van der Waals surface area (Å²) in [6, 6.07) is 3.53. The van der Waals surface area contributed by atoms with Crippen molar-refractivity contribution in [1.82, 2.24) is 10.2 Å². The molecule has 2 rings (SSSR count). The van der Waals surface area contributed by atoms with Gasteiger partial charge < -0.3 is 9.73 Å². The highest BCUT2D eigenvalue weighted by atomic mass is 32.2. The summed E-state index contributed by atoms with van der Waals surface area (Å²) in [5.74, 6) is 0.347. The summed E-state index contributed by atoms with van der Waals surface area (Å²) < 4.78 is 5.58. The standard InChI is InChI=1S/C12H14N2O3S2/c1-2-9-11(16)14(12(18)19-9)7-10(15)13-6-8-4-3-5-17-8/h3-5,9H,2,6-7H2,1H3,(H,13,15). The van der Waals surface area contributed by atoms with Gasteiger partial charge in [0.05, 0.1) is 18.1 Å². The first-order chi connectivity index (χ1) is 9.11. The van der Waals surface area contributed by atoms with Crippen LogP contribution in [0.5, 0.6) is 0 Å². The number of thioether (sulfide) groups is 1. The Morgan fingerprint density at radius 1 is 1.63 bits per heavy atom. The third kappa shape index (κ3) is 3.36. The van der Waals surface area contributed by atoms with E-state index in [1.165, 1.54) is 16.7 Å². The second-order valence-electron chi connectivity index (χ2n) is 4.06. The predicted octanol–water partition coefficient (Wildman–Crippen LogP) is 1.53. The number of hydrogen-bond acceptors (Lipinski definition) is 5. The van der Waals surface area contributed by atoms with Crippen molar-refractivity contribution in [1.29, 1.82) is 0 Å². The zero-order valence-electron chi connectivity index (χ0n) is 10.4. The zero-order chi connectivity index (χ0) is 13.8. The summed E-state index contributed by atoms with van der Waals surface area (Å²) in [5.41, 5.74) is 0. The van der Waals surface area contributed by atoms with E-state index in [0.29, 0.717) is 23.0 Å². The maximum atomic E-state index is 11.9. The van der Waals surface area contributed by atoms with E-state index in [0.717, 1.165) is 0 Å². The fourth-order valence-electron chi connectivity index (χ4n) is 1.70. The molecule has 1 saturated heterocycles. The molecule has 0 saturated carbocycles. The molecule has 1 fully saturated rings. The van der Waals surface area contributed by atoms with Gasteiger partial charge in [-0.15, -0.1) is 0 Å². The van der Waals surface area contributed by atoms with E-state index >= 15 is 0 Å². The van der Waals surface area contributed by atoms with Crippen LogP contribution < -0.4 is 5.32 Å². The minimum absolute atomic E-state index is 0.0259. The van der Waals surface area contributed by atoms with Gasteiger partial charge in [0.15, 0.2) is 0 Å². The molecule has 1 N–H and O–H groups in total. The van der Waals surface area contributed by atoms with Gasteiger partial charge in [-0.25, -0.2) is 0 Å². The van der Waals surface area contributed by atoms with E-state index in [4.69, 9.17) is 16.6 Å². The van der Waals surface area contributed by atoms with Crippen molar-refractivity contribution in [2.75, 3.05) is 6.54 Å². The largest absolute Gasteiger partial charge is 0.467 e. The zero-order valence-corrected chi connectivity index (χ0v) is 12.1. The number of carbonyl (C=O) groups is 2. The highest BCUT2D eigenvalue weighted by Crippen LogP contribution is 2.28. The number of nitrogens with zero attached hydrogens (tertiary/aromatic N) is 1. The van der Waals surface area contributed by atoms with Gasteiger partial charge in [-0.2, -0.15) is 0 Å². The molecule has 102 valence electrons. The Balaban J connectivity index is 1.85. The number of hydrogen-bond donors (Lipinski definition) is 1. The highest BCUT2D eigenvalue weighted by molar-refractivity contribution is 8.24. The predicted molar refractivity (Wildman–Crippen MR) is 76.5 cm³/mol. The number of carbonyl (C=O) groups excluding carboxylic acids is 2. The fourth-order valence-corrected chi connectivity index (χ4v) is 3.12. The van der Waals surface area contributed by atoms with Crippen molar-refractivity contribution in [2.45, 2.75) is 25.1 Å². The first-order valence-corrected chi connectivity index (χ1v) is 7.21. The molecule has 1 aromatic rings. The molecule has 0 aromatic carbocycles. The van der Waals surface area contributed by atoms with E-state index in [2.05, 4.69) is 5.32 Å². The van der Waals surface area contributed by atoms with Gasteiger partial charge in [-0.05, 0) is 18.6 Å². The van der Waals surface area contributed by atoms with Gasteiger partial charge in [0.25, 0.3) is 0 Å². The van der Waals surface area contributed by atoms with Crippen LogP contribution in [-0.2, 0) is 16.1 Å². The van der Waals surface area contributed by atoms with E-state index in [1.807, 2.05) is 6.92 Å². The van der Waals surface area contributed by atoms with Crippen LogP contribution in [0.2, 0.25) is 0 Å². The summed E-state index contributed by atoms with van der Waals surface area (Å²) >= 11 is 6.46. The molecule has 0 spiro atoms. The lowest BCUT2D eigenvalue weighted by Crippen LogP contribution is -2.40. The fraction of sp³-hybridized carbons (Fsp3) is 0.417. The van der Waals surface area contributed by atoms with Crippen molar-refractivity contribution in [3.8, 4) is 0 Å². The van der Waals surface area contributed by atoms with Crippen molar-refractivity contribution in [3.05, 3.63) is 24.2 Å². The minimum Gasteiger partial charge on any atom is -0.467 e. The highest BCUT2D eigenvalue weighted by Gasteiger charge is 2.36. The van der Waals surface area contributed by atoms with Crippen LogP contribution in [0.1, 0.15) is 19.1 Å². The molecule has 1 atom stereocenters. The van der Waals surface area contributed by atoms with Gasteiger partial charge in [0, 0.05) is 0 Å². The monoisotopic (exact) mass is 298 g/mol. The molecule has 1 unspecified atom stereocenters. The molecule has 19 heavy (non-hydrogen) atoms.